The fourth-order valence-corrected chi connectivity index (χ4v) is 2.27. The third kappa shape index (κ3) is 2.53. The maximum absolute atomic E-state index is 13.0. The first-order valence-corrected chi connectivity index (χ1v) is 6.19. The van der Waals surface area contributed by atoms with E-state index in [0.717, 1.165) is 17.7 Å². The Morgan fingerprint density at radius 3 is 2.83 bits per heavy atom. The van der Waals surface area contributed by atoms with Crippen LogP contribution in [0.5, 0.6) is 0 Å². The van der Waals surface area contributed by atoms with E-state index >= 15 is 0 Å². The van der Waals surface area contributed by atoms with Crippen LogP contribution < -0.4 is 5.32 Å². The second kappa shape index (κ2) is 4.69. The van der Waals surface area contributed by atoms with Crippen LogP contribution in [0.15, 0.2) is 18.2 Å². The second-order valence-electron chi connectivity index (χ2n) is 5.35. The summed E-state index contributed by atoms with van der Waals surface area (Å²) in [5, 5.41) is 3.20. The lowest BCUT2D eigenvalue weighted by atomic mass is 9.99. The molecule has 4 heteroatoms. The summed E-state index contributed by atoms with van der Waals surface area (Å²) in [6.45, 7) is 7.68. The fourth-order valence-electron chi connectivity index (χ4n) is 2.27. The minimum Gasteiger partial charge on any atom is -0.336 e. The van der Waals surface area contributed by atoms with E-state index in [2.05, 4.69) is 5.32 Å². The molecular weight excluding hydrogens is 231 g/mol. The molecule has 0 radical (unpaired) electrons. The van der Waals surface area contributed by atoms with Crippen LogP contribution in [-0.4, -0.2) is 29.4 Å². The minimum atomic E-state index is -0.508. The Morgan fingerprint density at radius 1 is 1.44 bits per heavy atom. The van der Waals surface area contributed by atoms with Crippen molar-refractivity contribution in [1.82, 2.24) is 10.2 Å². The Kier molecular flexibility index (Phi) is 3.39. The largest absolute Gasteiger partial charge is 0.336 e. The van der Waals surface area contributed by atoms with Gasteiger partial charge in [0.1, 0.15) is 5.82 Å². The lowest BCUT2D eigenvalue weighted by Gasteiger charge is -2.38. The summed E-state index contributed by atoms with van der Waals surface area (Å²) in [6, 6.07) is 4.71. The predicted molar refractivity (Wildman–Crippen MR) is 68.6 cm³/mol. The highest BCUT2D eigenvalue weighted by Crippen LogP contribution is 2.18. The summed E-state index contributed by atoms with van der Waals surface area (Å²) in [5.74, 6) is -0.138. The van der Waals surface area contributed by atoms with Crippen LogP contribution in [0, 0.1) is 12.7 Å². The van der Waals surface area contributed by atoms with Crippen molar-refractivity contribution < 1.29 is 9.18 Å². The Morgan fingerprint density at radius 2 is 2.17 bits per heavy atom. The van der Waals surface area contributed by atoms with Crippen molar-refractivity contribution in [2.45, 2.75) is 32.9 Å². The predicted octanol–water partition coefficient (Wildman–Crippen LogP) is 1.84. The molecule has 1 aliphatic rings. The fraction of sp³-hybridized carbons (Fsp3) is 0.500. The molecule has 18 heavy (non-hydrogen) atoms. The molecule has 1 saturated heterocycles. The molecule has 1 N–H and O–H groups in total. The zero-order valence-electron chi connectivity index (χ0n) is 11.1. The molecule has 3 nitrogen and oxygen atoms in total. The van der Waals surface area contributed by atoms with Crippen LogP contribution in [0.1, 0.15) is 25.0 Å². The number of hydrogen-bond donors (Lipinski definition) is 1. The molecule has 0 bridgehead atoms. The highest BCUT2D eigenvalue weighted by Gasteiger charge is 2.35. The van der Waals surface area contributed by atoms with E-state index in [1.165, 1.54) is 12.1 Å². The summed E-state index contributed by atoms with van der Waals surface area (Å²) < 4.78 is 13.0. The molecule has 2 rings (SSSR count). The van der Waals surface area contributed by atoms with Gasteiger partial charge in [0.05, 0.1) is 5.54 Å². The average molecular weight is 250 g/mol. The number of rotatable bonds is 2. The second-order valence-corrected chi connectivity index (χ2v) is 5.35. The van der Waals surface area contributed by atoms with Gasteiger partial charge >= 0.3 is 0 Å². The zero-order chi connectivity index (χ0) is 13.3. The number of piperazine rings is 1. The van der Waals surface area contributed by atoms with Crippen LogP contribution in [0.2, 0.25) is 0 Å². The molecule has 1 aromatic rings. The van der Waals surface area contributed by atoms with Crippen LogP contribution in [0.4, 0.5) is 4.39 Å². The number of benzene rings is 1. The first kappa shape index (κ1) is 13.0. The Labute approximate surface area is 107 Å². The molecule has 1 fully saturated rings. The van der Waals surface area contributed by atoms with Gasteiger partial charge in [0.25, 0.3) is 0 Å². The molecule has 0 unspecified atom stereocenters. The quantitative estimate of drug-likeness (QED) is 0.868. The highest BCUT2D eigenvalue weighted by atomic mass is 19.1. The lowest BCUT2D eigenvalue weighted by Crippen LogP contribution is -2.60. The summed E-state index contributed by atoms with van der Waals surface area (Å²) in [4.78, 5) is 14.0. The van der Waals surface area contributed by atoms with Gasteiger partial charge in [-0.1, -0.05) is 6.07 Å². The molecule has 0 aliphatic carbocycles. The molecule has 98 valence electrons. The van der Waals surface area contributed by atoms with Gasteiger partial charge in [-0.25, -0.2) is 4.39 Å². The maximum atomic E-state index is 13.0. The number of halogens is 1. The van der Waals surface area contributed by atoms with Crippen molar-refractivity contribution in [3.63, 3.8) is 0 Å². The molecule has 1 amide bonds. The minimum absolute atomic E-state index is 0.0949. The maximum Gasteiger partial charge on any atom is 0.242 e. The van der Waals surface area contributed by atoms with E-state index in [9.17, 15) is 9.18 Å². The standard InChI is InChI=1S/C14H19FN2O/c1-10-8-12(15)5-4-11(10)9-17-7-6-16-14(2,3)13(17)18/h4-5,8,16H,6-7,9H2,1-3H3. The van der Waals surface area contributed by atoms with E-state index in [-0.39, 0.29) is 11.7 Å². The first-order chi connectivity index (χ1) is 8.40. The van der Waals surface area contributed by atoms with Crippen molar-refractivity contribution in [2.75, 3.05) is 13.1 Å². The zero-order valence-corrected chi connectivity index (χ0v) is 11.1. The number of hydrogen-bond acceptors (Lipinski definition) is 2. The van der Waals surface area contributed by atoms with E-state index in [1.54, 1.807) is 6.07 Å². The number of amides is 1. The van der Waals surface area contributed by atoms with Gasteiger partial charge < -0.3 is 10.2 Å². The van der Waals surface area contributed by atoms with Gasteiger partial charge in [0, 0.05) is 19.6 Å². The monoisotopic (exact) mass is 250 g/mol. The topological polar surface area (TPSA) is 32.3 Å². The first-order valence-electron chi connectivity index (χ1n) is 6.19. The normalized spacial score (nSPS) is 19.1. The average Bonchev–Trinajstić information content (AvgIpc) is 2.28. The number of nitrogens with one attached hydrogen (secondary N) is 1. The van der Waals surface area contributed by atoms with Gasteiger partial charge in [0.2, 0.25) is 5.91 Å². The number of nitrogens with zero attached hydrogens (tertiary/aromatic N) is 1. The smallest absolute Gasteiger partial charge is 0.242 e. The van der Waals surface area contributed by atoms with Gasteiger partial charge in [-0.05, 0) is 44.0 Å². The van der Waals surface area contributed by atoms with Crippen LogP contribution in [0.25, 0.3) is 0 Å². The summed E-state index contributed by atoms with van der Waals surface area (Å²) in [6.07, 6.45) is 0. The molecule has 0 spiro atoms. The summed E-state index contributed by atoms with van der Waals surface area (Å²) >= 11 is 0. The highest BCUT2D eigenvalue weighted by molar-refractivity contribution is 5.86. The van der Waals surface area contributed by atoms with Gasteiger partial charge in [-0.2, -0.15) is 0 Å². The van der Waals surface area contributed by atoms with E-state index in [1.807, 2.05) is 25.7 Å². The molecular formula is C14H19FN2O. The Balaban J connectivity index is 2.16. The van der Waals surface area contributed by atoms with E-state index in [4.69, 9.17) is 0 Å². The van der Waals surface area contributed by atoms with Crippen LogP contribution in [-0.2, 0) is 11.3 Å². The van der Waals surface area contributed by atoms with Gasteiger partial charge in [-0.3, -0.25) is 4.79 Å². The Hall–Kier alpha value is -1.42. The molecule has 0 atom stereocenters. The van der Waals surface area contributed by atoms with Crippen molar-refractivity contribution in [3.8, 4) is 0 Å². The molecule has 0 aromatic heterocycles. The molecule has 1 aromatic carbocycles. The van der Waals surface area contributed by atoms with Crippen molar-refractivity contribution in [1.29, 1.82) is 0 Å². The number of aryl methyl sites for hydroxylation is 1. The van der Waals surface area contributed by atoms with Crippen molar-refractivity contribution in [2.24, 2.45) is 0 Å². The third-order valence-electron chi connectivity index (χ3n) is 3.44. The SMILES string of the molecule is Cc1cc(F)ccc1CN1CCNC(C)(C)C1=O. The molecule has 1 aliphatic heterocycles. The van der Waals surface area contributed by atoms with Crippen LogP contribution >= 0.6 is 0 Å². The molecule has 0 saturated carbocycles. The number of carbonyl (C=O) groups is 1. The van der Waals surface area contributed by atoms with E-state index in [0.29, 0.717) is 13.1 Å². The van der Waals surface area contributed by atoms with Gasteiger partial charge in [-0.15, -0.1) is 0 Å². The van der Waals surface area contributed by atoms with Gasteiger partial charge in [0.15, 0.2) is 0 Å². The number of carbonyl (C=O) groups excluding carboxylic acids is 1. The summed E-state index contributed by atoms with van der Waals surface area (Å²) in [5.41, 5.74) is 1.38. The van der Waals surface area contributed by atoms with Crippen molar-refractivity contribution in [3.05, 3.63) is 35.1 Å². The summed E-state index contributed by atoms with van der Waals surface area (Å²) in [7, 11) is 0. The van der Waals surface area contributed by atoms with Crippen molar-refractivity contribution >= 4 is 5.91 Å². The lowest BCUT2D eigenvalue weighted by molar-refractivity contribution is -0.140. The Bertz CT molecular complexity index is 471. The molecule has 1 heterocycles. The van der Waals surface area contributed by atoms with E-state index < -0.39 is 5.54 Å². The third-order valence-corrected chi connectivity index (χ3v) is 3.44. The van der Waals surface area contributed by atoms with Crippen LogP contribution in [0.3, 0.4) is 0 Å².